The van der Waals surface area contributed by atoms with Gasteiger partial charge in [-0.05, 0) is 33.3 Å². The topological polar surface area (TPSA) is 78.6 Å². The van der Waals surface area contributed by atoms with E-state index in [2.05, 4.69) is 4.74 Å². The molecule has 2 N–H and O–H groups in total. The highest BCUT2D eigenvalue weighted by Crippen LogP contribution is 2.27. The first-order chi connectivity index (χ1) is 9.08. The normalized spacial score (nSPS) is 19.6. The van der Waals surface area contributed by atoms with Crippen molar-refractivity contribution in [2.75, 3.05) is 7.11 Å². The molecule has 0 saturated heterocycles. The van der Waals surface area contributed by atoms with Crippen LogP contribution >= 0.6 is 12.2 Å². The van der Waals surface area contributed by atoms with Gasteiger partial charge in [0.25, 0.3) is 0 Å². The fourth-order valence-corrected chi connectivity index (χ4v) is 2.10. The molecule has 0 heterocycles. The highest BCUT2D eigenvalue weighted by atomic mass is 32.1. The van der Waals surface area contributed by atoms with Crippen molar-refractivity contribution in [2.24, 2.45) is 11.7 Å². The van der Waals surface area contributed by atoms with Crippen molar-refractivity contribution in [3.05, 3.63) is 22.9 Å². The Kier molecular flexibility index (Phi) is 4.70. The van der Waals surface area contributed by atoms with Gasteiger partial charge in [0, 0.05) is 10.6 Å². The van der Waals surface area contributed by atoms with Crippen LogP contribution in [0.25, 0.3) is 0 Å². The van der Waals surface area contributed by atoms with E-state index in [4.69, 9.17) is 22.7 Å². The van der Waals surface area contributed by atoms with Gasteiger partial charge < -0.3 is 15.2 Å². The number of thiocarbonyl (C=S) groups is 1. The summed E-state index contributed by atoms with van der Waals surface area (Å²) in [6, 6.07) is 0. The molecule has 0 amide bonds. The van der Waals surface area contributed by atoms with Gasteiger partial charge in [-0.15, -0.1) is 0 Å². The first-order valence-electron chi connectivity index (χ1n) is 6.12. The summed E-state index contributed by atoms with van der Waals surface area (Å²) < 4.78 is 9.97. The van der Waals surface area contributed by atoms with Gasteiger partial charge in [-0.1, -0.05) is 18.3 Å². The molecule has 0 aliphatic heterocycles. The third-order valence-corrected chi connectivity index (χ3v) is 3.16. The monoisotopic (exact) mass is 297 g/mol. The number of ether oxygens (including phenoxy) is 2. The molecule has 1 atom stereocenters. The summed E-state index contributed by atoms with van der Waals surface area (Å²) in [4.78, 5) is 24.1. The van der Waals surface area contributed by atoms with E-state index in [9.17, 15) is 9.59 Å². The third kappa shape index (κ3) is 3.45. The Morgan fingerprint density at radius 1 is 1.35 bits per heavy atom. The van der Waals surface area contributed by atoms with Crippen molar-refractivity contribution in [2.45, 2.75) is 33.3 Å². The lowest BCUT2D eigenvalue weighted by atomic mass is 9.88. The Balaban J connectivity index is 3.19. The number of carbonyl (C=O) groups is 2. The first-order valence-corrected chi connectivity index (χ1v) is 6.53. The molecule has 110 valence electrons. The van der Waals surface area contributed by atoms with Crippen molar-refractivity contribution in [1.82, 2.24) is 0 Å². The molecule has 5 nitrogen and oxygen atoms in total. The Hall–Kier alpha value is -1.69. The van der Waals surface area contributed by atoms with E-state index in [-0.39, 0.29) is 16.1 Å². The van der Waals surface area contributed by atoms with Crippen LogP contribution in [0.4, 0.5) is 0 Å². The standard InChI is InChI=1S/C14H19NO4S/c1-7-6-8(12(16)18-5)11(20)9(10(7)15)13(17)19-14(2,3)4/h6,8H,15H2,1-5H3. The smallest absolute Gasteiger partial charge is 0.341 e. The van der Waals surface area contributed by atoms with Crippen LogP contribution in [0.15, 0.2) is 22.9 Å². The number of methoxy groups -OCH3 is 1. The van der Waals surface area contributed by atoms with Crippen LogP contribution < -0.4 is 5.73 Å². The molecule has 0 aromatic carbocycles. The van der Waals surface area contributed by atoms with Crippen LogP contribution in [0.3, 0.4) is 0 Å². The van der Waals surface area contributed by atoms with Crippen molar-refractivity contribution in [3.63, 3.8) is 0 Å². The lowest BCUT2D eigenvalue weighted by molar-refractivity contribution is -0.149. The molecule has 1 rings (SSSR count). The Labute approximate surface area is 123 Å². The molecule has 1 aliphatic rings. The molecule has 6 heteroatoms. The number of hydrogen-bond acceptors (Lipinski definition) is 6. The lowest BCUT2D eigenvalue weighted by Crippen LogP contribution is -2.35. The second-order valence-electron chi connectivity index (χ2n) is 5.51. The zero-order chi connectivity index (χ0) is 15.7. The van der Waals surface area contributed by atoms with E-state index in [1.165, 1.54) is 7.11 Å². The molecular weight excluding hydrogens is 278 g/mol. The van der Waals surface area contributed by atoms with Gasteiger partial charge in [-0.3, -0.25) is 4.79 Å². The number of allylic oxidation sites excluding steroid dienone is 1. The van der Waals surface area contributed by atoms with Gasteiger partial charge in [0.05, 0.1) is 12.7 Å². The predicted molar refractivity (Wildman–Crippen MR) is 78.9 cm³/mol. The van der Waals surface area contributed by atoms with Crippen molar-refractivity contribution in [3.8, 4) is 0 Å². The lowest BCUT2D eigenvalue weighted by Gasteiger charge is -2.26. The van der Waals surface area contributed by atoms with Gasteiger partial charge in [-0.2, -0.15) is 0 Å². The minimum Gasteiger partial charge on any atom is -0.468 e. The largest absolute Gasteiger partial charge is 0.468 e. The highest BCUT2D eigenvalue weighted by molar-refractivity contribution is 7.81. The number of esters is 2. The molecule has 1 unspecified atom stereocenters. The molecular formula is C14H19NO4S. The van der Waals surface area contributed by atoms with E-state index in [0.29, 0.717) is 5.57 Å². The minimum atomic E-state index is -0.787. The highest BCUT2D eigenvalue weighted by Gasteiger charge is 2.35. The summed E-state index contributed by atoms with van der Waals surface area (Å²) in [7, 11) is 1.27. The quantitative estimate of drug-likeness (QED) is 0.617. The second-order valence-corrected chi connectivity index (χ2v) is 5.95. The fraction of sp³-hybridized carbons (Fsp3) is 0.500. The van der Waals surface area contributed by atoms with Crippen molar-refractivity contribution in [1.29, 1.82) is 0 Å². The van der Waals surface area contributed by atoms with Crippen LogP contribution in [-0.4, -0.2) is 29.5 Å². The van der Waals surface area contributed by atoms with E-state index in [1.807, 2.05) is 0 Å². The third-order valence-electron chi connectivity index (χ3n) is 2.70. The number of nitrogens with two attached hydrogens (primary N) is 1. The summed E-state index contributed by atoms with van der Waals surface area (Å²) >= 11 is 5.20. The summed E-state index contributed by atoms with van der Waals surface area (Å²) in [6.07, 6.45) is 1.59. The van der Waals surface area contributed by atoms with Gasteiger partial charge in [0.2, 0.25) is 0 Å². The first kappa shape index (κ1) is 16.4. The van der Waals surface area contributed by atoms with Crippen molar-refractivity contribution >= 4 is 29.0 Å². The van der Waals surface area contributed by atoms with Gasteiger partial charge in [0.1, 0.15) is 11.5 Å². The van der Waals surface area contributed by atoms with Crippen LogP contribution in [0, 0.1) is 5.92 Å². The summed E-state index contributed by atoms with van der Waals surface area (Å²) in [5, 5.41) is 0. The van der Waals surface area contributed by atoms with Crippen LogP contribution in [0.5, 0.6) is 0 Å². The average molecular weight is 297 g/mol. The van der Waals surface area contributed by atoms with Crippen LogP contribution in [0.1, 0.15) is 27.7 Å². The Morgan fingerprint density at radius 3 is 2.35 bits per heavy atom. The summed E-state index contributed by atoms with van der Waals surface area (Å²) in [6.45, 7) is 6.94. The summed E-state index contributed by atoms with van der Waals surface area (Å²) in [5.41, 5.74) is 6.16. The van der Waals surface area contributed by atoms with Gasteiger partial charge in [0.15, 0.2) is 0 Å². The molecule has 0 aromatic heterocycles. The molecule has 20 heavy (non-hydrogen) atoms. The molecule has 0 saturated carbocycles. The van der Waals surface area contributed by atoms with E-state index in [1.54, 1.807) is 33.8 Å². The maximum absolute atomic E-state index is 12.2. The molecule has 0 bridgehead atoms. The second kappa shape index (κ2) is 5.75. The predicted octanol–water partition coefficient (Wildman–Crippen LogP) is 1.66. The van der Waals surface area contributed by atoms with E-state index in [0.717, 1.165) is 0 Å². The zero-order valence-corrected chi connectivity index (χ0v) is 13.1. The number of rotatable bonds is 2. The number of hydrogen-bond donors (Lipinski definition) is 1. The van der Waals surface area contributed by atoms with Crippen LogP contribution in [0.2, 0.25) is 0 Å². The number of carbonyl (C=O) groups excluding carboxylic acids is 2. The van der Waals surface area contributed by atoms with E-state index < -0.39 is 23.5 Å². The molecule has 0 aromatic rings. The van der Waals surface area contributed by atoms with Gasteiger partial charge >= 0.3 is 11.9 Å². The fourth-order valence-electron chi connectivity index (χ4n) is 1.74. The Bertz CT molecular complexity index is 526. The molecule has 0 spiro atoms. The average Bonchev–Trinajstić information content (AvgIpc) is 2.30. The SMILES string of the molecule is COC(=O)C1C=C(C)C(N)=C(C(=O)OC(C)(C)C)C1=S. The molecule has 0 fully saturated rings. The van der Waals surface area contributed by atoms with Crippen LogP contribution in [-0.2, 0) is 19.1 Å². The zero-order valence-electron chi connectivity index (χ0n) is 12.3. The maximum atomic E-state index is 12.2. The van der Waals surface area contributed by atoms with E-state index >= 15 is 0 Å². The summed E-state index contributed by atoms with van der Waals surface area (Å²) in [5.74, 6) is -1.94. The van der Waals surface area contributed by atoms with Crippen molar-refractivity contribution < 1.29 is 19.1 Å². The molecule has 1 aliphatic carbocycles. The maximum Gasteiger partial charge on any atom is 0.341 e. The molecule has 0 radical (unpaired) electrons. The van der Waals surface area contributed by atoms with Gasteiger partial charge in [-0.25, -0.2) is 4.79 Å². The Morgan fingerprint density at radius 2 is 1.90 bits per heavy atom. The minimum absolute atomic E-state index is 0.0744.